The number of amides is 1. The minimum absolute atomic E-state index is 0.232. The summed E-state index contributed by atoms with van der Waals surface area (Å²) in [5, 5.41) is 0. The van der Waals surface area contributed by atoms with Gasteiger partial charge in [0.25, 0.3) is 0 Å². The maximum Gasteiger partial charge on any atom is 0.249 e. The van der Waals surface area contributed by atoms with E-state index in [2.05, 4.69) is 0 Å². The number of rotatable bonds is 3. The Labute approximate surface area is 75.9 Å². The highest BCUT2D eigenvalue weighted by Gasteiger charge is 2.05. The van der Waals surface area contributed by atoms with Crippen molar-refractivity contribution in [3.63, 3.8) is 0 Å². The molecule has 0 saturated heterocycles. The second kappa shape index (κ2) is 4.21. The first-order chi connectivity index (χ1) is 6.25. The zero-order valence-corrected chi connectivity index (χ0v) is 6.94. The highest BCUT2D eigenvalue weighted by molar-refractivity contribution is 6.21. The summed E-state index contributed by atoms with van der Waals surface area (Å²) < 4.78 is 0. The number of allylic oxidation sites excluding steroid dienone is 1. The standard InChI is InChI=1S/C10H9NO2/c11-10(13)9(6-7-12)8-4-2-1-3-5-8/h1-7H,(H2,11,13). The van der Waals surface area contributed by atoms with E-state index in [1.54, 1.807) is 24.3 Å². The van der Waals surface area contributed by atoms with Crippen molar-refractivity contribution < 1.29 is 9.59 Å². The molecule has 0 heterocycles. The number of hydrogen-bond acceptors (Lipinski definition) is 2. The Morgan fingerprint density at radius 2 is 1.85 bits per heavy atom. The minimum atomic E-state index is -0.599. The van der Waals surface area contributed by atoms with Crippen LogP contribution in [0.15, 0.2) is 36.4 Å². The van der Waals surface area contributed by atoms with Crippen LogP contribution in [0.4, 0.5) is 0 Å². The Balaban J connectivity index is 3.10. The number of benzene rings is 1. The largest absolute Gasteiger partial charge is 0.366 e. The zero-order valence-electron chi connectivity index (χ0n) is 6.94. The fourth-order valence-corrected chi connectivity index (χ4v) is 1.01. The van der Waals surface area contributed by atoms with Crippen LogP contribution in [0.1, 0.15) is 5.56 Å². The van der Waals surface area contributed by atoms with Gasteiger partial charge in [0, 0.05) is 5.57 Å². The lowest BCUT2D eigenvalue weighted by molar-refractivity contribution is -0.113. The van der Waals surface area contributed by atoms with Crippen LogP contribution in [0.25, 0.3) is 5.57 Å². The molecule has 0 bridgehead atoms. The summed E-state index contributed by atoms with van der Waals surface area (Å²) in [5.41, 5.74) is 5.98. The molecule has 2 N–H and O–H groups in total. The predicted octanol–water partition coefficient (Wildman–Crippen LogP) is 0.754. The van der Waals surface area contributed by atoms with Gasteiger partial charge in [-0.05, 0) is 11.6 Å². The molecule has 0 radical (unpaired) electrons. The van der Waals surface area contributed by atoms with E-state index >= 15 is 0 Å². The summed E-state index contributed by atoms with van der Waals surface area (Å²) in [7, 11) is 0. The van der Waals surface area contributed by atoms with Crippen LogP contribution in [0, 0.1) is 0 Å². The Kier molecular flexibility index (Phi) is 2.97. The molecule has 1 rings (SSSR count). The van der Waals surface area contributed by atoms with Crippen molar-refractivity contribution in [2.45, 2.75) is 0 Å². The van der Waals surface area contributed by atoms with Gasteiger partial charge in [0.2, 0.25) is 5.91 Å². The molecule has 0 aliphatic heterocycles. The summed E-state index contributed by atoms with van der Waals surface area (Å²) in [6.45, 7) is 0. The van der Waals surface area contributed by atoms with Gasteiger partial charge >= 0.3 is 0 Å². The van der Waals surface area contributed by atoms with E-state index < -0.39 is 5.91 Å². The Morgan fingerprint density at radius 3 is 2.31 bits per heavy atom. The van der Waals surface area contributed by atoms with Crippen LogP contribution in [-0.4, -0.2) is 12.2 Å². The van der Waals surface area contributed by atoms with E-state index in [0.29, 0.717) is 11.8 Å². The lowest BCUT2D eigenvalue weighted by atomic mass is 10.1. The quantitative estimate of drug-likeness (QED) is 0.544. The topological polar surface area (TPSA) is 60.2 Å². The summed E-state index contributed by atoms with van der Waals surface area (Å²) in [6.07, 6.45) is 1.71. The zero-order chi connectivity index (χ0) is 9.68. The number of nitrogens with two attached hydrogens (primary N) is 1. The summed E-state index contributed by atoms with van der Waals surface area (Å²) in [6, 6.07) is 8.82. The van der Waals surface area contributed by atoms with Gasteiger partial charge in [-0.3, -0.25) is 9.59 Å². The van der Waals surface area contributed by atoms with E-state index in [0.717, 1.165) is 6.08 Å². The molecular weight excluding hydrogens is 166 g/mol. The molecule has 0 spiro atoms. The van der Waals surface area contributed by atoms with Crippen molar-refractivity contribution in [3.8, 4) is 0 Å². The summed E-state index contributed by atoms with van der Waals surface area (Å²) in [4.78, 5) is 21.1. The first kappa shape index (κ1) is 9.19. The number of aldehydes is 1. The van der Waals surface area contributed by atoms with Gasteiger partial charge in [0.05, 0.1) is 0 Å². The molecule has 1 aromatic carbocycles. The number of primary amides is 1. The molecular formula is C10H9NO2. The average Bonchev–Trinajstić information content (AvgIpc) is 2.15. The van der Waals surface area contributed by atoms with Gasteiger partial charge in [-0.15, -0.1) is 0 Å². The maximum absolute atomic E-state index is 10.9. The van der Waals surface area contributed by atoms with Crippen LogP contribution >= 0.6 is 0 Å². The first-order valence-electron chi connectivity index (χ1n) is 3.76. The lowest BCUT2D eigenvalue weighted by Gasteiger charge is -2.00. The van der Waals surface area contributed by atoms with Gasteiger partial charge in [0.1, 0.15) is 6.29 Å². The molecule has 0 saturated carbocycles. The van der Waals surface area contributed by atoms with Crippen molar-refractivity contribution in [2.75, 3.05) is 0 Å². The number of carbonyl (C=O) groups excluding carboxylic acids is 2. The molecule has 1 aromatic rings. The molecule has 0 aliphatic rings. The molecule has 13 heavy (non-hydrogen) atoms. The third-order valence-corrected chi connectivity index (χ3v) is 1.58. The molecule has 3 heteroatoms. The van der Waals surface area contributed by atoms with E-state index in [1.165, 1.54) is 0 Å². The maximum atomic E-state index is 10.9. The SMILES string of the molecule is NC(=O)C(=CC=O)c1ccccc1. The van der Waals surface area contributed by atoms with Crippen LogP contribution in [-0.2, 0) is 9.59 Å². The minimum Gasteiger partial charge on any atom is -0.366 e. The van der Waals surface area contributed by atoms with Crippen molar-refractivity contribution in [2.24, 2.45) is 5.73 Å². The highest BCUT2D eigenvalue weighted by atomic mass is 16.1. The molecule has 0 aliphatic carbocycles. The number of carbonyl (C=O) groups is 2. The van der Waals surface area contributed by atoms with Crippen LogP contribution in [0.3, 0.4) is 0 Å². The fraction of sp³-hybridized carbons (Fsp3) is 0. The predicted molar refractivity (Wildman–Crippen MR) is 49.7 cm³/mol. The second-order valence-electron chi connectivity index (χ2n) is 2.45. The molecule has 0 aromatic heterocycles. The second-order valence-corrected chi connectivity index (χ2v) is 2.45. The molecule has 1 amide bonds. The van der Waals surface area contributed by atoms with E-state index in [-0.39, 0.29) is 5.57 Å². The Bertz CT molecular complexity index is 341. The third-order valence-electron chi connectivity index (χ3n) is 1.58. The van der Waals surface area contributed by atoms with Gasteiger partial charge < -0.3 is 5.73 Å². The Hall–Kier alpha value is -1.90. The van der Waals surface area contributed by atoms with Crippen LogP contribution < -0.4 is 5.73 Å². The van der Waals surface area contributed by atoms with E-state index in [9.17, 15) is 9.59 Å². The Morgan fingerprint density at radius 1 is 1.23 bits per heavy atom. The average molecular weight is 175 g/mol. The molecule has 0 unspecified atom stereocenters. The van der Waals surface area contributed by atoms with E-state index in [1.807, 2.05) is 6.07 Å². The smallest absolute Gasteiger partial charge is 0.249 e. The molecule has 0 atom stereocenters. The van der Waals surface area contributed by atoms with E-state index in [4.69, 9.17) is 5.73 Å². The van der Waals surface area contributed by atoms with Gasteiger partial charge in [-0.2, -0.15) is 0 Å². The lowest BCUT2D eigenvalue weighted by Crippen LogP contribution is -2.13. The van der Waals surface area contributed by atoms with Crippen molar-refractivity contribution >= 4 is 17.8 Å². The highest BCUT2D eigenvalue weighted by Crippen LogP contribution is 2.11. The van der Waals surface area contributed by atoms with Crippen molar-refractivity contribution in [3.05, 3.63) is 42.0 Å². The van der Waals surface area contributed by atoms with Crippen molar-refractivity contribution in [1.29, 1.82) is 0 Å². The monoisotopic (exact) mass is 175 g/mol. The van der Waals surface area contributed by atoms with Gasteiger partial charge in [-0.25, -0.2) is 0 Å². The summed E-state index contributed by atoms with van der Waals surface area (Å²) in [5.74, 6) is -0.599. The number of hydrogen-bond donors (Lipinski definition) is 1. The van der Waals surface area contributed by atoms with Crippen molar-refractivity contribution in [1.82, 2.24) is 0 Å². The third kappa shape index (κ3) is 2.27. The molecule has 0 fully saturated rings. The molecule has 66 valence electrons. The van der Waals surface area contributed by atoms with Crippen LogP contribution in [0.5, 0.6) is 0 Å². The fourth-order valence-electron chi connectivity index (χ4n) is 1.01. The normalized spacial score (nSPS) is 10.9. The molecule has 3 nitrogen and oxygen atoms in total. The summed E-state index contributed by atoms with van der Waals surface area (Å²) >= 11 is 0. The van der Waals surface area contributed by atoms with Crippen LogP contribution in [0.2, 0.25) is 0 Å². The van der Waals surface area contributed by atoms with Gasteiger partial charge in [0.15, 0.2) is 0 Å². The first-order valence-corrected chi connectivity index (χ1v) is 3.76. The van der Waals surface area contributed by atoms with Gasteiger partial charge in [-0.1, -0.05) is 30.3 Å².